The molecular formula is C20H20F3N5O4. The van der Waals surface area contributed by atoms with Gasteiger partial charge in [0, 0.05) is 18.6 Å². The normalized spacial score (nSPS) is 17.9. The summed E-state index contributed by atoms with van der Waals surface area (Å²) in [6, 6.07) is 5.05. The Morgan fingerprint density at radius 1 is 1.22 bits per heavy atom. The van der Waals surface area contributed by atoms with Crippen LogP contribution in [0.4, 0.5) is 24.8 Å². The standard InChI is InChI=1S/C20H20F3N5O4/c1-10-6-17(27-32-10)25-19(29)13-9-18-24-12(8-16(20(21,22)23)28(18)26-13)11-4-5-14(30-2)15(7-11)31-3/h4-7,9,12,16,24H,8H2,1-3H3,(H,25,27,29)/t12-,16+/m0/s1. The van der Waals surface area contributed by atoms with Crippen molar-refractivity contribution in [3.05, 3.63) is 47.3 Å². The minimum atomic E-state index is -4.57. The Bertz CT molecular complexity index is 1140. The molecule has 0 bridgehead atoms. The number of alkyl halides is 3. The molecule has 1 aromatic carbocycles. The zero-order valence-electron chi connectivity index (χ0n) is 17.4. The van der Waals surface area contributed by atoms with Gasteiger partial charge in [0.15, 0.2) is 29.1 Å². The largest absolute Gasteiger partial charge is 0.493 e. The summed E-state index contributed by atoms with van der Waals surface area (Å²) < 4.78 is 57.8. The van der Waals surface area contributed by atoms with Crippen molar-refractivity contribution >= 4 is 17.5 Å². The SMILES string of the molecule is COc1ccc([C@@H]2C[C@H](C(F)(F)F)n3nc(C(=O)Nc4cc(C)on4)cc3N2)cc1OC. The fraction of sp³-hybridized carbons (Fsp3) is 0.350. The third-order valence-corrected chi connectivity index (χ3v) is 5.10. The van der Waals surface area contributed by atoms with Crippen LogP contribution in [0.5, 0.6) is 11.5 Å². The highest BCUT2D eigenvalue weighted by molar-refractivity contribution is 6.02. The van der Waals surface area contributed by atoms with Crippen LogP contribution in [0.2, 0.25) is 0 Å². The molecule has 0 spiro atoms. The number of hydrogen-bond acceptors (Lipinski definition) is 7. The van der Waals surface area contributed by atoms with E-state index in [9.17, 15) is 18.0 Å². The second kappa shape index (κ2) is 8.09. The van der Waals surface area contributed by atoms with Crippen LogP contribution < -0.4 is 20.1 Å². The maximum absolute atomic E-state index is 13.9. The number of carbonyl (C=O) groups excluding carboxylic acids is 1. The van der Waals surface area contributed by atoms with Crippen LogP contribution in [-0.4, -0.2) is 41.2 Å². The summed E-state index contributed by atoms with van der Waals surface area (Å²) in [5, 5.41) is 13.0. The molecule has 0 saturated heterocycles. The first-order valence-electron chi connectivity index (χ1n) is 9.59. The van der Waals surface area contributed by atoms with Gasteiger partial charge in [-0.2, -0.15) is 18.3 Å². The first-order valence-corrected chi connectivity index (χ1v) is 9.59. The van der Waals surface area contributed by atoms with E-state index in [0.29, 0.717) is 22.8 Å². The van der Waals surface area contributed by atoms with Crippen LogP contribution in [0.3, 0.4) is 0 Å². The number of nitrogens with zero attached hydrogens (tertiary/aromatic N) is 3. The molecule has 1 aliphatic rings. The van der Waals surface area contributed by atoms with Crippen LogP contribution in [-0.2, 0) is 0 Å². The fourth-order valence-electron chi connectivity index (χ4n) is 3.58. The minimum absolute atomic E-state index is 0.0693. The Balaban J connectivity index is 1.65. The van der Waals surface area contributed by atoms with Gasteiger partial charge in [0.1, 0.15) is 11.6 Å². The van der Waals surface area contributed by atoms with Crippen LogP contribution in [0.1, 0.15) is 40.3 Å². The highest BCUT2D eigenvalue weighted by Gasteiger charge is 2.47. The number of anilines is 2. The molecule has 0 unspecified atom stereocenters. The van der Waals surface area contributed by atoms with Gasteiger partial charge >= 0.3 is 6.18 Å². The molecule has 9 nitrogen and oxygen atoms in total. The van der Waals surface area contributed by atoms with Gasteiger partial charge in [0.05, 0.1) is 20.3 Å². The van der Waals surface area contributed by atoms with E-state index in [2.05, 4.69) is 20.9 Å². The molecule has 0 fully saturated rings. The van der Waals surface area contributed by atoms with Gasteiger partial charge in [-0.25, -0.2) is 4.68 Å². The zero-order chi connectivity index (χ0) is 23.0. The predicted octanol–water partition coefficient (Wildman–Crippen LogP) is 4.11. The molecule has 0 aliphatic carbocycles. The smallest absolute Gasteiger partial charge is 0.410 e. The van der Waals surface area contributed by atoms with Gasteiger partial charge < -0.3 is 24.6 Å². The third-order valence-electron chi connectivity index (χ3n) is 5.10. The molecule has 1 aliphatic heterocycles. The molecule has 3 aromatic rings. The molecular weight excluding hydrogens is 431 g/mol. The summed E-state index contributed by atoms with van der Waals surface area (Å²) in [6.07, 6.45) is -4.90. The fourth-order valence-corrected chi connectivity index (χ4v) is 3.58. The molecule has 2 atom stereocenters. The van der Waals surface area contributed by atoms with E-state index in [1.165, 1.54) is 26.4 Å². The number of ether oxygens (including phenoxy) is 2. The van der Waals surface area contributed by atoms with Crippen molar-refractivity contribution in [1.82, 2.24) is 14.9 Å². The van der Waals surface area contributed by atoms with Crippen molar-refractivity contribution in [2.75, 3.05) is 24.9 Å². The van der Waals surface area contributed by atoms with Crippen LogP contribution in [0.15, 0.2) is 34.9 Å². The summed E-state index contributed by atoms with van der Waals surface area (Å²) in [5.74, 6) is 0.845. The summed E-state index contributed by atoms with van der Waals surface area (Å²) in [5.41, 5.74) is 0.392. The Morgan fingerprint density at radius 3 is 2.59 bits per heavy atom. The van der Waals surface area contributed by atoms with Gasteiger partial charge in [0.2, 0.25) is 0 Å². The number of benzene rings is 1. The summed E-state index contributed by atoms with van der Waals surface area (Å²) in [7, 11) is 2.92. The Labute approximate surface area is 180 Å². The maximum Gasteiger partial charge on any atom is 0.410 e. The number of hydrogen-bond donors (Lipinski definition) is 2. The van der Waals surface area contributed by atoms with Crippen molar-refractivity contribution in [1.29, 1.82) is 0 Å². The van der Waals surface area contributed by atoms with Crippen molar-refractivity contribution in [2.24, 2.45) is 0 Å². The third kappa shape index (κ3) is 4.07. The minimum Gasteiger partial charge on any atom is -0.493 e. The second-order valence-electron chi connectivity index (χ2n) is 7.24. The van der Waals surface area contributed by atoms with E-state index in [-0.39, 0.29) is 23.8 Å². The average molecular weight is 451 g/mol. The van der Waals surface area contributed by atoms with E-state index < -0.39 is 24.2 Å². The molecule has 170 valence electrons. The van der Waals surface area contributed by atoms with E-state index in [1.807, 2.05) is 0 Å². The van der Waals surface area contributed by atoms with Crippen LogP contribution in [0, 0.1) is 6.92 Å². The molecule has 0 saturated carbocycles. The number of nitrogens with one attached hydrogen (secondary N) is 2. The average Bonchev–Trinajstić information content (AvgIpc) is 3.37. The highest BCUT2D eigenvalue weighted by atomic mass is 19.4. The number of fused-ring (bicyclic) bond motifs is 1. The number of amides is 1. The first kappa shape index (κ1) is 21.5. The van der Waals surface area contributed by atoms with Crippen LogP contribution in [0.25, 0.3) is 0 Å². The second-order valence-corrected chi connectivity index (χ2v) is 7.24. The number of rotatable bonds is 5. The molecule has 4 rings (SSSR count). The van der Waals surface area contributed by atoms with E-state index >= 15 is 0 Å². The molecule has 1 amide bonds. The lowest BCUT2D eigenvalue weighted by Crippen LogP contribution is -2.35. The Morgan fingerprint density at radius 2 is 1.97 bits per heavy atom. The Hall–Kier alpha value is -3.70. The van der Waals surface area contributed by atoms with E-state index in [1.54, 1.807) is 25.1 Å². The molecule has 2 N–H and O–H groups in total. The van der Waals surface area contributed by atoms with Gasteiger partial charge in [-0.1, -0.05) is 11.2 Å². The maximum atomic E-state index is 13.9. The molecule has 0 radical (unpaired) electrons. The van der Waals surface area contributed by atoms with Gasteiger partial charge in [-0.3, -0.25) is 4.79 Å². The van der Waals surface area contributed by atoms with Gasteiger partial charge in [0.25, 0.3) is 5.91 Å². The predicted molar refractivity (Wildman–Crippen MR) is 107 cm³/mol. The van der Waals surface area contributed by atoms with Gasteiger partial charge in [-0.15, -0.1) is 0 Å². The van der Waals surface area contributed by atoms with Crippen molar-refractivity contribution < 1.29 is 32.0 Å². The number of aryl methyl sites for hydroxylation is 1. The summed E-state index contributed by atoms with van der Waals surface area (Å²) in [4.78, 5) is 12.5. The van der Waals surface area contributed by atoms with Gasteiger partial charge in [-0.05, 0) is 24.6 Å². The molecule has 32 heavy (non-hydrogen) atoms. The molecule has 3 heterocycles. The van der Waals surface area contributed by atoms with Crippen molar-refractivity contribution in [3.8, 4) is 11.5 Å². The lowest BCUT2D eigenvalue weighted by atomic mass is 9.96. The van der Waals surface area contributed by atoms with Crippen molar-refractivity contribution in [2.45, 2.75) is 31.6 Å². The lowest BCUT2D eigenvalue weighted by molar-refractivity contribution is -0.173. The summed E-state index contributed by atoms with van der Waals surface area (Å²) in [6.45, 7) is 1.64. The molecule has 2 aromatic heterocycles. The van der Waals surface area contributed by atoms with E-state index in [0.717, 1.165) is 4.68 Å². The number of halogens is 3. The molecule has 12 heteroatoms. The first-order chi connectivity index (χ1) is 15.2. The number of methoxy groups -OCH3 is 2. The quantitative estimate of drug-likeness (QED) is 0.602. The summed E-state index contributed by atoms with van der Waals surface area (Å²) >= 11 is 0. The lowest BCUT2D eigenvalue weighted by Gasteiger charge is -2.33. The number of aromatic nitrogens is 3. The monoisotopic (exact) mass is 451 g/mol. The Kier molecular flexibility index (Phi) is 5.45. The zero-order valence-corrected chi connectivity index (χ0v) is 17.4. The van der Waals surface area contributed by atoms with E-state index in [4.69, 9.17) is 14.0 Å². The number of carbonyl (C=O) groups is 1. The van der Waals surface area contributed by atoms with Crippen molar-refractivity contribution in [3.63, 3.8) is 0 Å². The van der Waals surface area contributed by atoms with Crippen LogP contribution >= 0.6 is 0 Å². The topological polar surface area (TPSA) is 103 Å². The highest BCUT2D eigenvalue weighted by Crippen LogP contribution is 2.44.